The van der Waals surface area contributed by atoms with Crippen LogP contribution < -0.4 is 5.32 Å². The van der Waals surface area contributed by atoms with E-state index in [1.54, 1.807) is 0 Å². The number of hydrogen-bond donors (Lipinski definition) is 2. The first-order valence-electron chi connectivity index (χ1n) is 10.1. The first-order valence-corrected chi connectivity index (χ1v) is 10.1. The van der Waals surface area contributed by atoms with Crippen LogP contribution in [0.1, 0.15) is 25.5 Å². The lowest BCUT2D eigenvalue weighted by atomic mass is 10.0. The number of benzene rings is 1. The molecule has 3 heterocycles. The number of unbranched alkanes of at least 4 members (excludes halogenated alkanes) is 1. The number of rotatable bonds is 7. The number of nitrogens with one attached hydrogen (secondary N) is 2. The minimum absolute atomic E-state index is 0.231. The average Bonchev–Trinajstić information content (AvgIpc) is 3.21. The Morgan fingerprint density at radius 2 is 2.03 bits per heavy atom. The largest absolute Gasteiger partial charge is 0.346 e. The molecule has 0 spiro atoms. The van der Waals surface area contributed by atoms with Crippen LogP contribution in [0.25, 0.3) is 33.3 Å². The Morgan fingerprint density at radius 1 is 1.13 bits per heavy atom. The molecule has 0 fully saturated rings. The van der Waals surface area contributed by atoms with E-state index in [1.165, 1.54) is 6.08 Å². The number of carbonyl (C=O) groups is 1. The molecule has 150 valence electrons. The van der Waals surface area contributed by atoms with E-state index in [-0.39, 0.29) is 5.91 Å². The van der Waals surface area contributed by atoms with Gasteiger partial charge in [-0.15, -0.1) is 0 Å². The number of aromatic amines is 1. The van der Waals surface area contributed by atoms with Crippen molar-refractivity contribution in [1.82, 2.24) is 15.0 Å². The van der Waals surface area contributed by atoms with E-state index in [9.17, 15) is 4.79 Å². The van der Waals surface area contributed by atoms with Gasteiger partial charge in [0.05, 0.1) is 0 Å². The first kappa shape index (κ1) is 19.6. The minimum atomic E-state index is -0.231. The Labute approximate surface area is 175 Å². The number of anilines is 1. The second-order valence-electron chi connectivity index (χ2n) is 7.24. The molecule has 4 aromatic rings. The van der Waals surface area contributed by atoms with Crippen molar-refractivity contribution < 1.29 is 4.79 Å². The van der Waals surface area contributed by atoms with E-state index >= 15 is 0 Å². The second kappa shape index (κ2) is 8.74. The third kappa shape index (κ3) is 4.15. The Morgan fingerprint density at radius 3 is 2.87 bits per heavy atom. The summed E-state index contributed by atoms with van der Waals surface area (Å²) < 4.78 is 0. The van der Waals surface area contributed by atoms with Gasteiger partial charge >= 0.3 is 0 Å². The van der Waals surface area contributed by atoms with Gasteiger partial charge in [0.2, 0.25) is 5.91 Å². The monoisotopic (exact) mass is 396 g/mol. The van der Waals surface area contributed by atoms with Crippen molar-refractivity contribution in [2.24, 2.45) is 0 Å². The summed E-state index contributed by atoms with van der Waals surface area (Å²) in [6.45, 7) is 5.69. The number of aryl methyl sites for hydroxylation is 1. The van der Waals surface area contributed by atoms with Crippen LogP contribution in [0.5, 0.6) is 0 Å². The molecule has 2 N–H and O–H groups in total. The smallest absolute Gasteiger partial charge is 0.247 e. The average molecular weight is 396 g/mol. The molecule has 0 atom stereocenters. The number of H-pyrrole nitrogens is 1. The van der Waals surface area contributed by atoms with Crippen molar-refractivity contribution in [2.45, 2.75) is 26.2 Å². The highest BCUT2D eigenvalue weighted by Crippen LogP contribution is 2.32. The summed E-state index contributed by atoms with van der Waals surface area (Å²) >= 11 is 0. The van der Waals surface area contributed by atoms with Crippen LogP contribution in [0.15, 0.2) is 73.7 Å². The van der Waals surface area contributed by atoms with Crippen LogP contribution >= 0.6 is 0 Å². The maximum atomic E-state index is 11.6. The van der Waals surface area contributed by atoms with Gasteiger partial charge in [0.15, 0.2) is 0 Å². The molecule has 3 aromatic heterocycles. The van der Waals surface area contributed by atoms with Gasteiger partial charge < -0.3 is 10.3 Å². The maximum absolute atomic E-state index is 11.6. The van der Waals surface area contributed by atoms with Crippen molar-refractivity contribution in [3.05, 3.63) is 79.4 Å². The van der Waals surface area contributed by atoms with Crippen LogP contribution in [0.2, 0.25) is 0 Å². The van der Waals surface area contributed by atoms with E-state index in [1.807, 2.05) is 48.9 Å². The summed E-state index contributed by atoms with van der Waals surface area (Å²) in [6.07, 6.45) is 10.3. The van der Waals surface area contributed by atoms with Crippen LogP contribution in [-0.4, -0.2) is 20.9 Å². The zero-order valence-electron chi connectivity index (χ0n) is 17.0. The fourth-order valence-electron chi connectivity index (χ4n) is 3.51. The zero-order valence-corrected chi connectivity index (χ0v) is 17.0. The Hall–Kier alpha value is -3.73. The van der Waals surface area contributed by atoms with Crippen LogP contribution in [0, 0.1) is 0 Å². The summed E-state index contributed by atoms with van der Waals surface area (Å²) in [5.41, 5.74) is 6.88. The fourth-order valence-corrected chi connectivity index (χ4v) is 3.51. The van der Waals surface area contributed by atoms with Gasteiger partial charge in [-0.2, -0.15) is 0 Å². The van der Waals surface area contributed by atoms with Gasteiger partial charge in [-0.1, -0.05) is 32.1 Å². The molecule has 0 aliphatic rings. The molecule has 5 heteroatoms. The van der Waals surface area contributed by atoms with Crippen molar-refractivity contribution in [2.75, 3.05) is 5.32 Å². The molecule has 0 radical (unpaired) electrons. The van der Waals surface area contributed by atoms with Gasteiger partial charge in [-0.3, -0.25) is 9.78 Å². The Balaban J connectivity index is 1.71. The quantitative estimate of drug-likeness (QED) is 0.390. The van der Waals surface area contributed by atoms with Crippen LogP contribution in [0.4, 0.5) is 5.69 Å². The molecular formula is C25H24N4O. The molecule has 0 aliphatic heterocycles. The van der Waals surface area contributed by atoms with E-state index in [4.69, 9.17) is 0 Å². The van der Waals surface area contributed by atoms with Gasteiger partial charge in [-0.05, 0) is 60.4 Å². The number of nitrogens with zero attached hydrogens (tertiary/aromatic N) is 2. The highest BCUT2D eigenvalue weighted by Gasteiger charge is 2.10. The van der Waals surface area contributed by atoms with Gasteiger partial charge in [0.1, 0.15) is 5.65 Å². The van der Waals surface area contributed by atoms with E-state index in [0.717, 1.165) is 63.9 Å². The predicted molar refractivity (Wildman–Crippen MR) is 122 cm³/mol. The SMILES string of the molecule is C=CC(=O)Nc1cccc(-c2cnc3[nH]cc(-c4ccnc(CCCC)c4)c3c2)c1. The molecule has 4 rings (SSSR count). The number of hydrogen-bond acceptors (Lipinski definition) is 3. The number of carbonyl (C=O) groups excluding carboxylic acids is 1. The number of aromatic nitrogens is 3. The molecule has 0 saturated heterocycles. The maximum Gasteiger partial charge on any atom is 0.247 e. The first-order chi connectivity index (χ1) is 14.7. The van der Waals surface area contributed by atoms with Crippen molar-refractivity contribution >= 4 is 22.6 Å². The van der Waals surface area contributed by atoms with Gasteiger partial charge in [0.25, 0.3) is 0 Å². The lowest BCUT2D eigenvalue weighted by molar-refractivity contribution is -0.111. The predicted octanol–water partition coefficient (Wildman–Crippen LogP) is 5.76. The number of fused-ring (bicyclic) bond motifs is 1. The molecule has 0 aliphatic carbocycles. The highest BCUT2D eigenvalue weighted by atomic mass is 16.1. The molecule has 0 bridgehead atoms. The standard InChI is InChI=1S/C25H24N4O/c1-3-5-8-20-13-18(10-11-26-20)23-16-28-25-22(23)14-19(15-27-25)17-7-6-9-21(12-17)29-24(30)4-2/h4,6-7,9-16H,2-3,5,8H2,1H3,(H,27,28)(H,29,30). The van der Waals surface area contributed by atoms with Crippen LogP contribution in [-0.2, 0) is 11.2 Å². The molecule has 0 saturated carbocycles. The topological polar surface area (TPSA) is 70.7 Å². The Kier molecular flexibility index (Phi) is 5.70. The lowest BCUT2D eigenvalue weighted by Crippen LogP contribution is -2.06. The van der Waals surface area contributed by atoms with Crippen molar-refractivity contribution in [1.29, 1.82) is 0 Å². The van der Waals surface area contributed by atoms with Crippen molar-refractivity contribution in [3.63, 3.8) is 0 Å². The third-order valence-corrected chi connectivity index (χ3v) is 5.09. The molecule has 1 amide bonds. The van der Waals surface area contributed by atoms with Crippen molar-refractivity contribution in [3.8, 4) is 22.3 Å². The third-order valence-electron chi connectivity index (χ3n) is 5.09. The van der Waals surface area contributed by atoms with E-state index < -0.39 is 0 Å². The summed E-state index contributed by atoms with van der Waals surface area (Å²) in [4.78, 5) is 24.0. The minimum Gasteiger partial charge on any atom is -0.346 e. The number of amides is 1. The zero-order chi connectivity index (χ0) is 20.9. The second-order valence-corrected chi connectivity index (χ2v) is 7.24. The normalized spacial score (nSPS) is 10.8. The molecule has 0 unspecified atom stereocenters. The summed E-state index contributed by atoms with van der Waals surface area (Å²) in [7, 11) is 0. The molecule has 5 nitrogen and oxygen atoms in total. The van der Waals surface area contributed by atoms with E-state index in [2.05, 4.69) is 45.9 Å². The summed E-state index contributed by atoms with van der Waals surface area (Å²) in [6, 6.07) is 14.0. The molecule has 1 aromatic carbocycles. The lowest BCUT2D eigenvalue weighted by Gasteiger charge is -2.07. The Bertz CT molecular complexity index is 1210. The highest BCUT2D eigenvalue weighted by molar-refractivity contribution is 5.99. The molecule has 30 heavy (non-hydrogen) atoms. The van der Waals surface area contributed by atoms with Crippen LogP contribution in [0.3, 0.4) is 0 Å². The van der Waals surface area contributed by atoms with E-state index in [0.29, 0.717) is 0 Å². The summed E-state index contributed by atoms with van der Waals surface area (Å²) in [5.74, 6) is -0.231. The molecular weight excluding hydrogens is 372 g/mol. The number of pyridine rings is 2. The fraction of sp³-hybridized carbons (Fsp3) is 0.160. The van der Waals surface area contributed by atoms with Gasteiger partial charge in [-0.25, -0.2) is 4.98 Å². The van der Waals surface area contributed by atoms with Gasteiger partial charge in [0, 0.05) is 46.5 Å². The summed E-state index contributed by atoms with van der Waals surface area (Å²) in [5, 5.41) is 3.86.